The van der Waals surface area contributed by atoms with Crippen LogP contribution in [0.3, 0.4) is 0 Å². The van der Waals surface area contributed by atoms with Gasteiger partial charge in [-0.25, -0.2) is 4.98 Å². The lowest BCUT2D eigenvalue weighted by Crippen LogP contribution is -2.46. The van der Waals surface area contributed by atoms with Gasteiger partial charge in [0.1, 0.15) is 5.01 Å². The van der Waals surface area contributed by atoms with Gasteiger partial charge in [-0.05, 0) is 26.2 Å². The maximum absolute atomic E-state index is 12.2. The Labute approximate surface area is 204 Å². The molecule has 2 aromatic rings. The molecule has 2 N–H and O–H groups in total. The first-order valence-electron chi connectivity index (χ1n) is 10.6. The van der Waals surface area contributed by atoms with Gasteiger partial charge in [0.25, 0.3) is 0 Å². The SMILES string of the molecule is CCNC(=NCCc1csc(-c2ccccc2)n1)NC1CCCC(S(=O)CC)C1.I. The minimum atomic E-state index is -0.704. The number of nitrogens with zero attached hydrogens (tertiary/aromatic N) is 2. The molecule has 1 aliphatic rings. The van der Waals surface area contributed by atoms with Crippen molar-refractivity contribution in [1.29, 1.82) is 0 Å². The normalized spacial score (nSPS) is 20.3. The van der Waals surface area contributed by atoms with Crippen LogP contribution in [0.5, 0.6) is 0 Å². The number of guanidine groups is 1. The highest BCUT2D eigenvalue weighted by Gasteiger charge is 2.26. The van der Waals surface area contributed by atoms with Crippen LogP contribution in [0.15, 0.2) is 40.7 Å². The van der Waals surface area contributed by atoms with E-state index in [9.17, 15) is 4.21 Å². The van der Waals surface area contributed by atoms with E-state index in [0.717, 1.165) is 61.1 Å². The molecule has 3 atom stereocenters. The Hall–Kier alpha value is -1.000. The molecule has 8 heteroatoms. The summed E-state index contributed by atoms with van der Waals surface area (Å²) in [4.78, 5) is 9.51. The Balaban J connectivity index is 0.00000320. The van der Waals surface area contributed by atoms with Gasteiger partial charge in [0.05, 0.1) is 5.69 Å². The standard InChI is InChI=1S/C22H32N4OS2.HI/c1-3-23-22(26-18-11-8-12-20(15-18)29(27)4-2)24-14-13-19-16-28-21(25-19)17-9-6-5-7-10-17;/h5-7,9-10,16,18,20H,3-4,8,11-15H2,1-2H3,(H2,23,24,26);1H. The van der Waals surface area contributed by atoms with E-state index >= 15 is 0 Å². The summed E-state index contributed by atoms with van der Waals surface area (Å²) in [5.74, 6) is 1.61. The van der Waals surface area contributed by atoms with E-state index in [2.05, 4.69) is 35.1 Å². The fourth-order valence-corrected chi connectivity index (χ4v) is 5.89. The van der Waals surface area contributed by atoms with Crippen LogP contribution >= 0.6 is 35.3 Å². The minimum absolute atomic E-state index is 0. The molecular weight excluding hydrogens is 527 g/mol. The van der Waals surface area contributed by atoms with Crippen LogP contribution in [0.1, 0.15) is 45.2 Å². The van der Waals surface area contributed by atoms with E-state index in [4.69, 9.17) is 9.98 Å². The Morgan fingerprint density at radius 3 is 2.80 bits per heavy atom. The minimum Gasteiger partial charge on any atom is -0.357 e. The van der Waals surface area contributed by atoms with Crippen molar-refractivity contribution in [3.05, 3.63) is 41.4 Å². The van der Waals surface area contributed by atoms with E-state index in [0.29, 0.717) is 17.8 Å². The average molecular weight is 561 g/mol. The second-order valence-corrected chi connectivity index (χ2v) is 10.2. The quantitative estimate of drug-likeness (QED) is 0.281. The lowest BCUT2D eigenvalue weighted by molar-refractivity contribution is 0.413. The number of aliphatic imine (C=N–C) groups is 1. The highest BCUT2D eigenvalue weighted by Crippen LogP contribution is 2.24. The number of hydrogen-bond acceptors (Lipinski definition) is 4. The zero-order valence-electron chi connectivity index (χ0n) is 17.8. The number of rotatable bonds is 8. The molecule has 0 bridgehead atoms. The van der Waals surface area contributed by atoms with Gasteiger partial charge >= 0.3 is 0 Å². The molecule has 1 aromatic carbocycles. The Morgan fingerprint density at radius 2 is 2.07 bits per heavy atom. The molecular formula is C22H33IN4OS2. The van der Waals surface area contributed by atoms with E-state index < -0.39 is 10.8 Å². The largest absolute Gasteiger partial charge is 0.357 e. The molecule has 1 aromatic heterocycles. The van der Waals surface area contributed by atoms with Crippen LogP contribution in [0, 0.1) is 0 Å². The zero-order valence-corrected chi connectivity index (χ0v) is 21.8. The first-order valence-corrected chi connectivity index (χ1v) is 12.9. The molecule has 0 amide bonds. The first-order chi connectivity index (χ1) is 14.2. The zero-order chi connectivity index (χ0) is 20.5. The molecule has 3 unspecified atom stereocenters. The Kier molecular flexibility index (Phi) is 11.3. The molecule has 5 nitrogen and oxygen atoms in total. The number of thiazole rings is 1. The van der Waals surface area contributed by atoms with Crippen LogP contribution in [-0.4, -0.2) is 45.3 Å². The second-order valence-electron chi connectivity index (χ2n) is 7.32. The molecule has 1 fully saturated rings. The van der Waals surface area contributed by atoms with Gasteiger partial charge in [0.2, 0.25) is 0 Å². The van der Waals surface area contributed by atoms with Crippen molar-refractivity contribution < 1.29 is 4.21 Å². The average Bonchev–Trinajstić information content (AvgIpc) is 3.23. The van der Waals surface area contributed by atoms with Gasteiger partial charge < -0.3 is 10.6 Å². The molecule has 3 rings (SSSR count). The molecule has 1 heterocycles. The molecule has 0 aliphatic heterocycles. The van der Waals surface area contributed by atoms with Crippen LogP contribution in [0.2, 0.25) is 0 Å². The van der Waals surface area contributed by atoms with Gasteiger partial charge in [-0.15, -0.1) is 35.3 Å². The van der Waals surface area contributed by atoms with E-state index in [1.807, 2.05) is 25.1 Å². The maximum atomic E-state index is 12.2. The molecule has 1 aliphatic carbocycles. The summed E-state index contributed by atoms with van der Waals surface area (Å²) in [6, 6.07) is 10.7. The predicted molar refractivity (Wildman–Crippen MR) is 141 cm³/mol. The van der Waals surface area contributed by atoms with Gasteiger partial charge in [-0.2, -0.15) is 0 Å². The van der Waals surface area contributed by atoms with E-state index in [1.54, 1.807) is 11.3 Å². The number of benzene rings is 1. The molecule has 1 saturated carbocycles. The molecule has 166 valence electrons. The van der Waals surface area contributed by atoms with Crippen molar-refractivity contribution >= 4 is 52.1 Å². The lowest BCUT2D eigenvalue weighted by Gasteiger charge is -2.30. The maximum Gasteiger partial charge on any atom is 0.191 e. The van der Waals surface area contributed by atoms with E-state index in [-0.39, 0.29) is 24.0 Å². The van der Waals surface area contributed by atoms with Crippen molar-refractivity contribution in [2.75, 3.05) is 18.8 Å². The van der Waals surface area contributed by atoms with Crippen molar-refractivity contribution in [1.82, 2.24) is 15.6 Å². The number of aromatic nitrogens is 1. The lowest BCUT2D eigenvalue weighted by atomic mass is 9.95. The number of halogens is 1. The Morgan fingerprint density at radius 1 is 1.27 bits per heavy atom. The highest BCUT2D eigenvalue weighted by atomic mass is 127. The van der Waals surface area contributed by atoms with Crippen molar-refractivity contribution in [3.8, 4) is 10.6 Å². The molecule has 0 saturated heterocycles. The molecule has 0 radical (unpaired) electrons. The van der Waals surface area contributed by atoms with Crippen molar-refractivity contribution in [2.45, 2.75) is 57.2 Å². The fraction of sp³-hybridized carbons (Fsp3) is 0.545. The highest BCUT2D eigenvalue weighted by molar-refractivity contribution is 14.0. The number of hydrogen-bond donors (Lipinski definition) is 2. The predicted octanol–water partition coefficient (Wildman–Crippen LogP) is 4.61. The van der Waals surface area contributed by atoms with Crippen LogP contribution in [-0.2, 0) is 17.2 Å². The summed E-state index contributed by atoms with van der Waals surface area (Å²) in [7, 11) is -0.704. The summed E-state index contributed by atoms with van der Waals surface area (Å²) in [6.45, 7) is 5.63. The third-order valence-corrected chi connectivity index (χ3v) is 7.86. The Bertz CT molecular complexity index is 812. The van der Waals surface area contributed by atoms with Crippen LogP contribution < -0.4 is 10.6 Å². The third-order valence-electron chi connectivity index (χ3n) is 5.18. The summed E-state index contributed by atoms with van der Waals surface area (Å²) < 4.78 is 12.2. The summed E-state index contributed by atoms with van der Waals surface area (Å²) in [5, 5.41) is 10.4. The molecule has 0 spiro atoms. The summed E-state index contributed by atoms with van der Waals surface area (Å²) in [5.41, 5.74) is 2.25. The second kappa shape index (κ2) is 13.4. The fourth-order valence-electron chi connectivity index (χ4n) is 3.68. The van der Waals surface area contributed by atoms with Gasteiger partial charge in [-0.1, -0.05) is 43.7 Å². The number of nitrogens with one attached hydrogen (secondary N) is 2. The topological polar surface area (TPSA) is 66.4 Å². The summed E-state index contributed by atoms with van der Waals surface area (Å²) in [6.07, 6.45) is 5.13. The summed E-state index contributed by atoms with van der Waals surface area (Å²) >= 11 is 1.69. The first kappa shape index (κ1) is 25.3. The monoisotopic (exact) mass is 560 g/mol. The van der Waals surface area contributed by atoms with E-state index in [1.165, 1.54) is 5.56 Å². The van der Waals surface area contributed by atoms with Crippen LogP contribution in [0.4, 0.5) is 0 Å². The van der Waals surface area contributed by atoms with Crippen LogP contribution in [0.25, 0.3) is 10.6 Å². The van der Waals surface area contributed by atoms with Crippen molar-refractivity contribution in [2.24, 2.45) is 4.99 Å². The third kappa shape index (κ3) is 7.60. The van der Waals surface area contributed by atoms with Crippen molar-refractivity contribution in [3.63, 3.8) is 0 Å². The van der Waals surface area contributed by atoms with Gasteiger partial charge in [0, 0.05) is 58.3 Å². The smallest absolute Gasteiger partial charge is 0.191 e. The molecule has 30 heavy (non-hydrogen) atoms. The van der Waals surface area contributed by atoms with Gasteiger partial charge in [0.15, 0.2) is 5.96 Å². The van der Waals surface area contributed by atoms with Gasteiger partial charge in [-0.3, -0.25) is 9.20 Å².